The number of thioether (sulfide) groups is 1. The fourth-order valence-corrected chi connectivity index (χ4v) is 1.68. The van der Waals surface area contributed by atoms with Crippen molar-refractivity contribution in [3.05, 3.63) is 33.9 Å². The number of benzene rings is 1. The van der Waals surface area contributed by atoms with Gasteiger partial charge in [0.15, 0.2) is 17.0 Å². The second-order valence-corrected chi connectivity index (χ2v) is 4.07. The molecular weight excluding hydrogens is 284 g/mol. The zero-order valence-corrected chi connectivity index (χ0v) is 11.4. The van der Waals surface area contributed by atoms with Crippen LogP contribution >= 0.6 is 11.8 Å². The van der Waals surface area contributed by atoms with Gasteiger partial charge in [0.2, 0.25) is 0 Å². The molecule has 8 nitrogen and oxygen atoms in total. The van der Waals surface area contributed by atoms with Crippen molar-refractivity contribution in [2.75, 3.05) is 13.4 Å². The van der Waals surface area contributed by atoms with E-state index in [1.54, 1.807) is 12.4 Å². The number of nitrogens with one attached hydrogen (secondary N) is 1. The molecule has 1 rings (SSSR count). The van der Waals surface area contributed by atoms with Gasteiger partial charge >= 0.3 is 5.97 Å². The lowest BCUT2D eigenvalue weighted by molar-refractivity contribution is -0.384. The molecule has 0 aromatic heterocycles. The SMILES string of the molecule is COC(=O)c1cccc([N+](=O)[O-])c1N=C(NC#N)SC. The minimum Gasteiger partial charge on any atom is -0.465 e. The maximum Gasteiger partial charge on any atom is 0.340 e. The second-order valence-electron chi connectivity index (χ2n) is 3.28. The minimum atomic E-state index is -0.745. The van der Waals surface area contributed by atoms with E-state index in [0.717, 1.165) is 18.9 Å². The number of hydrogen-bond donors (Lipinski definition) is 1. The Kier molecular flexibility index (Phi) is 5.49. The molecule has 20 heavy (non-hydrogen) atoms. The van der Waals surface area contributed by atoms with E-state index in [1.807, 2.05) is 0 Å². The molecule has 1 N–H and O–H groups in total. The number of methoxy groups -OCH3 is 1. The summed E-state index contributed by atoms with van der Waals surface area (Å²) in [6.45, 7) is 0. The van der Waals surface area contributed by atoms with E-state index in [4.69, 9.17) is 5.26 Å². The van der Waals surface area contributed by atoms with Crippen LogP contribution in [0.2, 0.25) is 0 Å². The number of nitriles is 1. The molecule has 0 bridgehead atoms. The number of amidine groups is 1. The number of carbonyl (C=O) groups is 1. The van der Waals surface area contributed by atoms with Crippen LogP contribution in [0.5, 0.6) is 0 Å². The molecule has 0 unspecified atom stereocenters. The zero-order valence-electron chi connectivity index (χ0n) is 10.6. The van der Waals surface area contributed by atoms with Gasteiger partial charge in [-0.15, -0.1) is 0 Å². The number of ether oxygens (including phenoxy) is 1. The first-order valence-corrected chi connectivity index (χ1v) is 6.41. The van der Waals surface area contributed by atoms with Crippen molar-refractivity contribution < 1.29 is 14.5 Å². The Labute approximate surface area is 118 Å². The third-order valence-electron chi connectivity index (χ3n) is 2.19. The average Bonchev–Trinajstić information content (AvgIpc) is 2.45. The third-order valence-corrected chi connectivity index (χ3v) is 2.77. The standard InChI is InChI=1S/C11H10N4O4S/c1-19-10(16)7-4-3-5-8(15(17)18)9(7)14-11(20-2)13-6-12/h3-5H,1-2H3,(H,13,14). The van der Waals surface area contributed by atoms with Gasteiger partial charge in [-0.1, -0.05) is 17.8 Å². The van der Waals surface area contributed by atoms with Gasteiger partial charge in [-0.3, -0.25) is 15.4 Å². The van der Waals surface area contributed by atoms with Crippen LogP contribution in [0.4, 0.5) is 11.4 Å². The number of nitro groups is 1. The van der Waals surface area contributed by atoms with Gasteiger partial charge in [-0.05, 0) is 12.3 Å². The van der Waals surface area contributed by atoms with Crippen molar-refractivity contribution in [1.29, 1.82) is 5.26 Å². The molecule has 0 saturated carbocycles. The molecule has 0 fully saturated rings. The largest absolute Gasteiger partial charge is 0.465 e. The van der Waals surface area contributed by atoms with E-state index in [0.29, 0.717) is 0 Å². The van der Waals surface area contributed by atoms with E-state index >= 15 is 0 Å². The van der Waals surface area contributed by atoms with Gasteiger partial charge in [0, 0.05) is 6.07 Å². The molecule has 0 aliphatic carbocycles. The van der Waals surface area contributed by atoms with Crippen molar-refractivity contribution in [2.45, 2.75) is 0 Å². The lowest BCUT2D eigenvalue weighted by Gasteiger charge is -2.06. The highest BCUT2D eigenvalue weighted by atomic mass is 32.2. The molecule has 1 aromatic carbocycles. The van der Waals surface area contributed by atoms with Gasteiger partial charge in [0.25, 0.3) is 5.69 Å². The van der Waals surface area contributed by atoms with Crippen molar-refractivity contribution in [1.82, 2.24) is 5.32 Å². The number of rotatable bonds is 3. The molecule has 0 aliphatic heterocycles. The van der Waals surface area contributed by atoms with Crippen LogP contribution in [-0.2, 0) is 4.74 Å². The molecular formula is C11H10N4O4S. The Bertz CT molecular complexity index is 609. The van der Waals surface area contributed by atoms with Crippen molar-refractivity contribution >= 4 is 34.3 Å². The van der Waals surface area contributed by atoms with Crippen LogP contribution in [0.25, 0.3) is 0 Å². The van der Waals surface area contributed by atoms with E-state index in [-0.39, 0.29) is 22.1 Å². The minimum absolute atomic E-state index is 0.0482. The van der Waals surface area contributed by atoms with Gasteiger partial charge in [-0.25, -0.2) is 9.79 Å². The van der Waals surface area contributed by atoms with E-state index < -0.39 is 10.9 Å². The number of carbonyl (C=O) groups excluding carboxylic acids is 1. The maximum absolute atomic E-state index is 11.6. The summed E-state index contributed by atoms with van der Waals surface area (Å²) in [5.41, 5.74) is -0.552. The fourth-order valence-electron chi connectivity index (χ4n) is 1.34. The number of aliphatic imine (C=N–C) groups is 1. The van der Waals surface area contributed by atoms with E-state index in [2.05, 4.69) is 15.0 Å². The Balaban J connectivity index is 3.50. The zero-order chi connectivity index (χ0) is 15.1. The average molecular weight is 294 g/mol. The van der Waals surface area contributed by atoms with Crippen LogP contribution < -0.4 is 5.32 Å². The predicted molar refractivity (Wildman–Crippen MR) is 73.8 cm³/mol. The van der Waals surface area contributed by atoms with Gasteiger partial charge in [0.05, 0.1) is 17.6 Å². The molecule has 0 radical (unpaired) electrons. The Morgan fingerprint density at radius 2 is 2.30 bits per heavy atom. The first kappa shape index (κ1) is 15.5. The molecule has 0 spiro atoms. The van der Waals surface area contributed by atoms with Gasteiger partial charge in [0.1, 0.15) is 0 Å². The van der Waals surface area contributed by atoms with Crippen LogP contribution in [-0.4, -0.2) is 29.4 Å². The van der Waals surface area contributed by atoms with E-state index in [1.165, 1.54) is 18.2 Å². The molecule has 1 aromatic rings. The molecule has 0 aliphatic rings. The smallest absolute Gasteiger partial charge is 0.340 e. The number of esters is 1. The van der Waals surface area contributed by atoms with Crippen LogP contribution in [0, 0.1) is 21.6 Å². The Morgan fingerprint density at radius 3 is 2.80 bits per heavy atom. The quantitative estimate of drug-likeness (QED) is 0.172. The van der Waals surface area contributed by atoms with E-state index in [9.17, 15) is 14.9 Å². The lowest BCUT2D eigenvalue weighted by atomic mass is 10.1. The second kappa shape index (κ2) is 7.10. The van der Waals surface area contributed by atoms with Gasteiger partial charge < -0.3 is 4.74 Å². The fraction of sp³-hybridized carbons (Fsp3) is 0.182. The first-order chi connectivity index (χ1) is 9.54. The summed E-state index contributed by atoms with van der Waals surface area (Å²) in [6.07, 6.45) is 3.30. The summed E-state index contributed by atoms with van der Waals surface area (Å²) < 4.78 is 4.56. The molecule has 9 heteroatoms. The monoisotopic (exact) mass is 294 g/mol. The first-order valence-electron chi connectivity index (χ1n) is 5.18. The van der Waals surface area contributed by atoms with Crippen molar-refractivity contribution in [2.24, 2.45) is 4.99 Å². The Hall–Kier alpha value is -2.60. The highest BCUT2D eigenvalue weighted by molar-refractivity contribution is 8.13. The van der Waals surface area contributed by atoms with Crippen molar-refractivity contribution in [3.8, 4) is 6.19 Å². The summed E-state index contributed by atoms with van der Waals surface area (Å²) in [7, 11) is 1.16. The number of hydrogen-bond acceptors (Lipinski definition) is 7. The van der Waals surface area contributed by atoms with Crippen LogP contribution in [0.15, 0.2) is 23.2 Å². The van der Waals surface area contributed by atoms with Gasteiger partial charge in [-0.2, -0.15) is 5.26 Å². The van der Waals surface area contributed by atoms with Crippen LogP contribution in [0.3, 0.4) is 0 Å². The molecule has 0 heterocycles. The highest BCUT2D eigenvalue weighted by Crippen LogP contribution is 2.32. The molecule has 0 amide bonds. The topological polar surface area (TPSA) is 118 Å². The summed E-state index contributed by atoms with van der Waals surface area (Å²) in [4.78, 5) is 25.9. The van der Waals surface area contributed by atoms with Crippen molar-refractivity contribution in [3.63, 3.8) is 0 Å². The normalized spacial score (nSPS) is 10.6. The molecule has 0 atom stereocenters. The third kappa shape index (κ3) is 3.46. The summed E-state index contributed by atoms with van der Waals surface area (Å²) in [6, 6.07) is 3.94. The van der Waals surface area contributed by atoms with Crippen LogP contribution in [0.1, 0.15) is 10.4 Å². The number of nitrogens with zero attached hydrogens (tertiary/aromatic N) is 3. The molecule has 0 saturated heterocycles. The summed E-state index contributed by atoms with van der Waals surface area (Å²) in [5.74, 6) is -0.745. The lowest BCUT2D eigenvalue weighted by Crippen LogP contribution is -2.13. The number of nitro benzene ring substituents is 1. The summed E-state index contributed by atoms with van der Waals surface area (Å²) >= 11 is 1.08. The Morgan fingerprint density at radius 1 is 1.60 bits per heavy atom. The molecule has 104 valence electrons. The predicted octanol–water partition coefficient (Wildman–Crippen LogP) is 1.80. The highest BCUT2D eigenvalue weighted by Gasteiger charge is 2.22. The number of para-hydroxylation sites is 1. The summed E-state index contributed by atoms with van der Waals surface area (Å²) in [5, 5.41) is 22.0. The maximum atomic E-state index is 11.6.